The Morgan fingerprint density at radius 1 is 1.00 bits per heavy atom. The van der Waals surface area contributed by atoms with Gasteiger partial charge >= 0.3 is 5.97 Å². The number of ether oxygens (including phenoxy) is 1. The van der Waals surface area contributed by atoms with Gasteiger partial charge in [-0.3, -0.25) is 9.59 Å². The van der Waals surface area contributed by atoms with Crippen LogP contribution in [0.1, 0.15) is 23.4 Å². The highest BCUT2D eigenvalue weighted by atomic mass is 16.5. The summed E-state index contributed by atoms with van der Waals surface area (Å²) < 4.78 is 10.4. The number of rotatable bonds is 3. The number of carbonyl (C=O) groups excluding carboxylic acids is 3. The van der Waals surface area contributed by atoms with Crippen LogP contribution >= 0.6 is 0 Å². The number of fused-ring (bicyclic) bond motifs is 1. The highest BCUT2D eigenvalue weighted by Crippen LogP contribution is 2.40. The van der Waals surface area contributed by atoms with Gasteiger partial charge in [-0.1, -0.05) is 24.3 Å². The van der Waals surface area contributed by atoms with Crippen LogP contribution in [0.25, 0.3) is 0 Å². The van der Waals surface area contributed by atoms with Gasteiger partial charge in [-0.05, 0) is 37.1 Å². The number of hydrogen-bond donors (Lipinski definition) is 0. The van der Waals surface area contributed by atoms with Crippen molar-refractivity contribution in [3.8, 4) is 5.75 Å². The van der Waals surface area contributed by atoms with Gasteiger partial charge in [0.1, 0.15) is 0 Å². The van der Waals surface area contributed by atoms with E-state index >= 15 is 0 Å². The number of furan rings is 1. The summed E-state index contributed by atoms with van der Waals surface area (Å²) >= 11 is 0. The molecule has 0 spiro atoms. The second-order valence-corrected chi connectivity index (χ2v) is 6.00. The summed E-state index contributed by atoms with van der Waals surface area (Å²) in [5.74, 6) is -1.67. The third-order valence-corrected chi connectivity index (χ3v) is 4.54. The van der Waals surface area contributed by atoms with Crippen LogP contribution in [-0.2, 0) is 9.59 Å². The molecule has 1 fully saturated rings. The molecule has 2 aliphatic rings. The molecular weight excluding hydrogens is 322 g/mol. The van der Waals surface area contributed by atoms with Gasteiger partial charge in [0, 0.05) is 0 Å². The highest BCUT2D eigenvalue weighted by molar-refractivity contribution is 6.23. The van der Waals surface area contributed by atoms with Crippen molar-refractivity contribution in [2.75, 3.05) is 4.90 Å². The lowest BCUT2D eigenvalue weighted by atomic mass is 9.85. The molecule has 1 saturated heterocycles. The smallest absolute Gasteiger partial charge is 0.379 e. The van der Waals surface area contributed by atoms with Crippen LogP contribution in [0.4, 0.5) is 5.69 Å². The van der Waals surface area contributed by atoms with Crippen molar-refractivity contribution >= 4 is 23.5 Å². The second-order valence-electron chi connectivity index (χ2n) is 6.00. The summed E-state index contributed by atoms with van der Waals surface area (Å²) in [7, 11) is 0. The first-order valence-corrected chi connectivity index (χ1v) is 8.04. The van der Waals surface area contributed by atoms with Gasteiger partial charge < -0.3 is 9.15 Å². The molecule has 126 valence electrons. The molecule has 1 aliphatic heterocycles. The van der Waals surface area contributed by atoms with Crippen LogP contribution in [0.5, 0.6) is 5.75 Å². The summed E-state index contributed by atoms with van der Waals surface area (Å²) in [6.07, 6.45) is 6.34. The van der Waals surface area contributed by atoms with Gasteiger partial charge in [0.15, 0.2) is 5.75 Å². The minimum Gasteiger partial charge on any atom is -0.457 e. The molecule has 2 aromatic rings. The van der Waals surface area contributed by atoms with Crippen LogP contribution in [0, 0.1) is 11.8 Å². The lowest BCUT2D eigenvalue weighted by Crippen LogP contribution is -2.31. The number of amides is 2. The van der Waals surface area contributed by atoms with E-state index in [0.29, 0.717) is 12.8 Å². The van der Waals surface area contributed by atoms with E-state index in [9.17, 15) is 14.4 Å². The zero-order chi connectivity index (χ0) is 17.4. The Morgan fingerprint density at radius 2 is 1.68 bits per heavy atom. The predicted octanol–water partition coefficient (Wildman–Crippen LogP) is 2.95. The van der Waals surface area contributed by atoms with Crippen molar-refractivity contribution in [3.05, 3.63) is 60.6 Å². The number of hydrogen-bond acceptors (Lipinski definition) is 5. The normalized spacial score (nSPS) is 22.2. The van der Waals surface area contributed by atoms with Crippen LogP contribution in [0.15, 0.2) is 59.2 Å². The van der Waals surface area contributed by atoms with E-state index in [0.717, 1.165) is 4.90 Å². The molecule has 0 radical (unpaired) electrons. The molecule has 2 amide bonds. The van der Waals surface area contributed by atoms with Gasteiger partial charge in [-0.2, -0.15) is 0 Å². The Hall–Kier alpha value is -3.15. The molecule has 0 bridgehead atoms. The Bertz CT molecular complexity index is 842. The van der Waals surface area contributed by atoms with Gasteiger partial charge in [0.05, 0.1) is 23.8 Å². The number of allylic oxidation sites excluding steroid dienone is 2. The highest BCUT2D eigenvalue weighted by Gasteiger charge is 2.48. The fraction of sp³-hybridized carbons (Fsp3) is 0.211. The predicted molar refractivity (Wildman–Crippen MR) is 88.0 cm³/mol. The third-order valence-electron chi connectivity index (χ3n) is 4.54. The summed E-state index contributed by atoms with van der Waals surface area (Å²) in [5.41, 5.74) is 0.284. The van der Waals surface area contributed by atoms with Gasteiger partial charge in [-0.15, -0.1) is 0 Å². The van der Waals surface area contributed by atoms with Crippen molar-refractivity contribution < 1.29 is 23.5 Å². The van der Waals surface area contributed by atoms with E-state index in [2.05, 4.69) is 0 Å². The Morgan fingerprint density at radius 3 is 2.32 bits per heavy atom. The van der Waals surface area contributed by atoms with Crippen molar-refractivity contribution in [3.63, 3.8) is 0 Å². The van der Waals surface area contributed by atoms with E-state index in [-0.39, 0.29) is 40.8 Å². The van der Waals surface area contributed by atoms with Crippen molar-refractivity contribution in [1.82, 2.24) is 0 Å². The SMILES string of the molecule is O=C(Oc1ccccc1N1C(=O)[C@H]2CC=CC[C@@H]2C1=O)c1ccco1. The van der Waals surface area contributed by atoms with Gasteiger partial charge in [0.2, 0.25) is 17.6 Å². The average Bonchev–Trinajstić information content (AvgIpc) is 3.25. The number of nitrogens with zero attached hydrogens (tertiary/aromatic N) is 1. The first-order chi connectivity index (χ1) is 12.2. The van der Waals surface area contributed by atoms with Crippen LogP contribution in [0.2, 0.25) is 0 Å². The molecule has 2 heterocycles. The number of esters is 1. The summed E-state index contributed by atoms with van der Waals surface area (Å²) in [6, 6.07) is 9.58. The molecule has 0 N–H and O–H groups in total. The lowest BCUT2D eigenvalue weighted by molar-refractivity contribution is -0.122. The van der Waals surface area contributed by atoms with Gasteiger partial charge in [-0.25, -0.2) is 9.69 Å². The zero-order valence-corrected chi connectivity index (χ0v) is 13.3. The Labute approximate surface area is 143 Å². The molecule has 2 atom stereocenters. The van der Waals surface area contributed by atoms with Crippen LogP contribution < -0.4 is 9.64 Å². The second kappa shape index (κ2) is 6.05. The maximum Gasteiger partial charge on any atom is 0.379 e. The number of anilines is 1. The van der Waals surface area contributed by atoms with Crippen LogP contribution in [-0.4, -0.2) is 17.8 Å². The minimum atomic E-state index is -0.685. The maximum atomic E-state index is 12.7. The molecular formula is C19H15NO5. The molecule has 0 unspecified atom stereocenters. The summed E-state index contributed by atoms with van der Waals surface area (Å²) in [4.78, 5) is 38.7. The Kier molecular flexibility index (Phi) is 3.72. The number of imide groups is 1. The topological polar surface area (TPSA) is 76.8 Å². The van der Waals surface area contributed by atoms with Gasteiger partial charge in [0.25, 0.3) is 0 Å². The fourth-order valence-electron chi connectivity index (χ4n) is 3.31. The first kappa shape index (κ1) is 15.4. The number of benzene rings is 1. The van der Waals surface area contributed by atoms with E-state index in [4.69, 9.17) is 9.15 Å². The molecule has 4 rings (SSSR count). The van der Waals surface area contributed by atoms with E-state index in [1.807, 2.05) is 12.2 Å². The van der Waals surface area contributed by atoms with Crippen molar-refractivity contribution in [2.45, 2.75) is 12.8 Å². The molecule has 25 heavy (non-hydrogen) atoms. The zero-order valence-electron chi connectivity index (χ0n) is 13.3. The Balaban J connectivity index is 1.66. The number of para-hydroxylation sites is 2. The third kappa shape index (κ3) is 2.55. The average molecular weight is 337 g/mol. The standard InChI is InChI=1S/C19H15NO5/c21-17-12-6-1-2-7-13(12)18(22)20(17)14-8-3-4-9-15(14)25-19(23)16-10-5-11-24-16/h1-5,8-13H,6-7H2/t12-,13-/m0/s1. The maximum absolute atomic E-state index is 12.7. The molecule has 1 aromatic carbocycles. The van der Waals surface area contributed by atoms with E-state index in [1.54, 1.807) is 30.3 Å². The summed E-state index contributed by atoms with van der Waals surface area (Å²) in [6.45, 7) is 0. The van der Waals surface area contributed by atoms with Crippen molar-refractivity contribution in [1.29, 1.82) is 0 Å². The summed E-state index contributed by atoms with van der Waals surface area (Å²) in [5, 5.41) is 0. The molecule has 6 heteroatoms. The minimum absolute atomic E-state index is 0.0479. The van der Waals surface area contributed by atoms with E-state index < -0.39 is 5.97 Å². The van der Waals surface area contributed by atoms with Crippen molar-refractivity contribution in [2.24, 2.45) is 11.8 Å². The van der Waals surface area contributed by atoms with Crippen LogP contribution in [0.3, 0.4) is 0 Å². The van der Waals surface area contributed by atoms with E-state index in [1.165, 1.54) is 12.3 Å². The molecule has 1 aromatic heterocycles. The largest absolute Gasteiger partial charge is 0.457 e. The first-order valence-electron chi connectivity index (χ1n) is 8.04. The quantitative estimate of drug-likeness (QED) is 0.372. The molecule has 6 nitrogen and oxygen atoms in total. The lowest BCUT2D eigenvalue weighted by Gasteiger charge is -2.18. The number of carbonyl (C=O) groups is 3. The molecule has 0 saturated carbocycles. The monoisotopic (exact) mass is 337 g/mol. The fourth-order valence-corrected chi connectivity index (χ4v) is 3.31. The molecule has 1 aliphatic carbocycles.